The molecule has 0 radical (unpaired) electrons. The van der Waals surface area contributed by atoms with E-state index in [0.717, 1.165) is 17.2 Å². The number of nitrogens with one attached hydrogen (secondary N) is 1. The minimum atomic E-state index is -0.978. The zero-order chi connectivity index (χ0) is 18.2. The molecule has 1 aromatic heterocycles. The third-order valence-electron chi connectivity index (χ3n) is 3.64. The van der Waals surface area contributed by atoms with Crippen molar-refractivity contribution < 1.29 is 13.9 Å². The molecule has 3 rings (SSSR count). The fourth-order valence-electron chi connectivity index (χ4n) is 2.45. The molecule has 1 heterocycles. The first-order chi connectivity index (χ1) is 11.7. The molecule has 25 heavy (non-hydrogen) atoms. The summed E-state index contributed by atoms with van der Waals surface area (Å²) in [5.74, 6) is -1.10. The zero-order valence-electron chi connectivity index (χ0n) is 14.1. The van der Waals surface area contributed by atoms with Gasteiger partial charge >= 0.3 is 0 Å². The van der Waals surface area contributed by atoms with Crippen LogP contribution in [0.5, 0.6) is 0 Å². The fourth-order valence-corrected chi connectivity index (χ4v) is 2.45. The highest BCUT2D eigenvalue weighted by Crippen LogP contribution is 2.26. The van der Waals surface area contributed by atoms with Gasteiger partial charge in [-0.25, -0.2) is 13.5 Å². The van der Waals surface area contributed by atoms with Crippen molar-refractivity contribution in [1.82, 2.24) is 14.8 Å². The molecular formula is C18H18F2N4O. The topological polar surface area (TPSA) is 63.0 Å². The first-order valence-corrected chi connectivity index (χ1v) is 7.70. The molecular weight excluding hydrogens is 326 g/mol. The summed E-state index contributed by atoms with van der Waals surface area (Å²) in [7, 11) is 0. The van der Waals surface area contributed by atoms with Gasteiger partial charge in [-0.05, 0) is 56.2 Å². The van der Waals surface area contributed by atoms with Gasteiger partial charge in [0, 0.05) is 11.8 Å². The predicted molar refractivity (Wildman–Crippen MR) is 91.0 cm³/mol. The molecule has 0 aliphatic carbocycles. The Kier molecular flexibility index (Phi) is 4.26. The van der Waals surface area contributed by atoms with Gasteiger partial charge in [0.1, 0.15) is 18.0 Å². The molecule has 0 unspecified atom stereocenters. The Bertz CT molecular complexity index is 895. The molecule has 2 aromatic carbocycles. The van der Waals surface area contributed by atoms with Crippen molar-refractivity contribution in [3.8, 4) is 5.69 Å². The summed E-state index contributed by atoms with van der Waals surface area (Å²) < 4.78 is 27.9. The average molecular weight is 344 g/mol. The number of hydrogen-bond donors (Lipinski definition) is 2. The highest BCUT2D eigenvalue weighted by molar-refractivity contribution is 5.56. The number of anilines is 2. The van der Waals surface area contributed by atoms with Gasteiger partial charge in [0.05, 0.1) is 11.3 Å². The molecule has 0 aliphatic heterocycles. The maximum Gasteiger partial charge on any atom is 0.246 e. The Morgan fingerprint density at radius 1 is 1.04 bits per heavy atom. The van der Waals surface area contributed by atoms with E-state index in [4.69, 9.17) is 0 Å². The lowest BCUT2D eigenvalue weighted by atomic mass is 9.96. The summed E-state index contributed by atoms with van der Waals surface area (Å²) in [5, 5.41) is 17.4. The molecule has 0 amide bonds. The van der Waals surface area contributed by atoms with E-state index < -0.39 is 17.2 Å². The van der Waals surface area contributed by atoms with Crippen LogP contribution in [-0.2, 0) is 5.60 Å². The van der Waals surface area contributed by atoms with Gasteiger partial charge in [0.2, 0.25) is 5.95 Å². The second-order valence-electron chi connectivity index (χ2n) is 6.41. The molecule has 7 heteroatoms. The third kappa shape index (κ3) is 4.00. The fraction of sp³-hybridized carbons (Fsp3) is 0.222. The second kappa shape index (κ2) is 6.25. The monoisotopic (exact) mass is 344 g/mol. The molecule has 2 N–H and O–H groups in total. The van der Waals surface area contributed by atoms with Crippen molar-refractivity contribution in [2.45, 2.75) is 26.4 Å². The zero-order valence-corrected chi connectivity index (χ0v) is 14.1. The molecule has 0 saturated carbocycles. The molecule has 0 aliphatic rings. The lowest BCUT2D eigenvalue weighted by Crippen LogP contribution is -2.15. The number of hydrogen-bond acceptors (Lipinski definition) is 4. The first kappa shape index (κ1) is 17.0. The van der Waals surface area contributed by atoms with Crippen LogP contribution in [0.4, 0.5) is 20.4 Å². The van der Waals surface area contributed by atoms with Crippen LogP contribution in [0.3, 0.4) is 0 Å². The van der Waals surface area contributed by atoms with Gasteiger partial charge in [-0.15, -0.1) is 5.10 Å². The number of aryl methyl sites for hydroxylation is 1. The lowest BCUT2D eigenvalue weighted by molar-refractivity contribution is 0.0786. The van der Waals surface area contributed by atoms with Gasteiger partial charge in [-0.3, -0.25) is 0 Å². The number of nitrogens with zero attached hydrogens (tertiary/aromatic N) is 3. The van der Waals surface area contributed by atoms with Crippen molar-refractivity contribution in [2.75, 3.05) is 5.32 Å². The summed E-state index contributed by atoms with van der Waals surface area (Å²) in [4.78, 5) is 4.10. The van der Waals surface area contributed by atoms with E-state index in [1.165, 1.54) is 23.1 Å². The van der Waals surface area contributed by atoms with Crippen molar-refractivity contribution in [2.24, 2.45) is 0 Å². The molecule has 0 spiro atoms. The van der Waals surface area contributed by atoms with E-state index in [1.807, 2.05) is 19.1 Å². The minimum absolute atomic E-state index is 0.236. The summed E-state index contributed by atoms with van der Waals surface area (Å²) in [6.07, 6.45) is 1.36. The number of aliphatic hydroxyl groups is 1. The molecule has 3 aromatic rings. The first-order valence-electron chi connectivity index (χ1n) is 7.70. The molecule has 0 atom stereocenters. The van der Waals surface area contributed by atoms with Crippen LogP contribution in [0.1, 0.15) is 25.0 Å². The number of halogens is 2. The summed E-state index contributed by atoms with van der Waals surface area (Å²) in [6, 6.07) is 8.71. The number of rotatable bonds is 4. The quantitative estimate of drug-likeness (QED) is 0.755. The SMILES string of the molecule is Cc1cc(Nc2ncn(-c3cc(F)cc(F)c3)n2)cc(C(C)(C)O)c1. The van der Waals surface area contributed by atoms with E-state index >= 15 is 0 Å². The molecule has 0 saturated heterocycles. The molecule has 0 bridgehead atoms. The number of benzene rings is 2. The van der Waals surface area contributed by atoms with Crippen LogP contribution in [0.2, 0.25) is 0 Å². The molecule has 130 valence electrons. The summed E-state index contributed by atoms with van der Waals surface area (Å²) in [6.45, 7) is 5.33. The highest BCUT2D eigenvalue weighted by Gasteiger charge is 2.17. The van der Waals surface area contributed by atoms with Crippen LogP contribution in [0.25, 0.3) is 5.69 Å². The van der Waals surface area contributed by atoms with Crippen molar-refractivity contribution >= 4 is 11.6 Å². The maximum atomic E-state index is 13.3. The maximum absolute atomic E-state index is 13.3. The Morgan fingerprint density at radius 2 is 1.72 bits per heavy atom. The lowest BCUT2D eigenvalue weighted by Gasteiger charge is -2.19. The van der Waals surface area contributed by atoms with Gasteiger partial charge < -0.3 is 10.4 Å². The van der Waals surface area contributed by atoms with E-state index in [1.54, 1.807) is 19.9 Å². The van der Waals surface area contributed by atoms with Crippen LogP contribution in [-0.4, -0.2) is 19.9 Å². The predicted octanol–water partition coefficient (Wildman–Crippen LogP) is 3.82. The summed E-state index contributed by atoms with van der Waals surface area (Å²) in [5.41, 5.74) is 1.68. The van der Waals surface area contributed by atoms with Crippen molar-refractivity contribution in [3.63, 3.8) is 0 Å². The Morgan fingerprint density at radius 3 is 2.36 bits per heavy atom. The summed E-state index contributed by atoms with van der Waals surface area (Å²) >= 11 is 0. The van der Waals surface area contributed by atoms with Crippen LogP contribution in [0.15, 0.2) is 42.7 Å². The Hall–Kier alpha value is -2.80. The number of aromatic nitrogens is 3. The van der Waals surface area contributed by atoms with E-state index in [2.05, 4.69) is 15.4 Å². The van der Waals surface area contributed by atoms with E-state index in [0.29, 0.717) is 5.69 Å². The average Bonchev–Trinajstić information content (AvgIpc) is 2.93. The van der Waals surface area contributed by atoms with Gasteiger partial charge in [-0.1, -0.05) is 6.07 Å². The third-order valence-corrected chi connectivity index (χ3v) is 3.64. The normalized spacial score (nSPS) is 11.6. The van der Waals surface area contributed by atoms with E-state index in [9.17, 15) is 13.9 Å². The van der Waals surface area contributed by atoms with Crippen LogP contribution >= 0.6 is 0 Å². The largest absolute Gasteiger partial charge is 0.386 e. The smallest absolute Gasteiger partial charge is 0.246 e. The van der Waals surface area contributed by atoms with Crippen molar-refractivity contribution in [1.29, 1.82) is 0 Å². The molecule has 0 fully saturated rings. The Balaban J connectivity index is 1.88. The molecule has 5 nitrogen and oxygen atoms in total. The van der Waals surface area contributed by atoms with Crippen LogP contribution < -0.4 is 5.32 Å². The standard InChI is InChI=1S/C18H18F2N4O/c1-11-4-12(18(2,3)25)6-15(5-11)22-17-21-10-24(23-17)16-8-13(19)7-14(20)9-16/h4-10,25H,1-3H3,(H,22,23). The van der Waals surface area contributed by atoms with Gasteiger partial charge in [0.25, 0.3) is 0 Å². The second-order valence-corrected chi connectivity index (χ2v) is 6.41. The highest BCUT2D eigenvalue weighted by atomic mass is 19.1. The van der Waals surface area contributed by atoms with Gasteiger partial charge in [-0.2, -0.15) is 4.98 Å². The van der Waals surface area contributed by atoms with Crippen LogP contribution in [0, 0.1) is 18.6 Å². The van der Waals surface area contributed by atoms with Crippen molar-refractivity contribution in [3.05, 3.63) is 65.5 Å². The van der Waals surface area contributed by atoms with E-state index in [-0.39, 0.29) is 11.6 Å². The minimum Gasteiger partial charge on any atom is -0.386 e. The van der Waals surface area contributed by atoms with Gasteiger partial charge in [0.15, 0.2) is 0 Å². The Labute approximate surface area is 144 Å².